The molecule has 160 valence electrons. The Hall–Kier alpha value is -1.00. The lowest BCUT2D eigenvalue weighted by Crippen LogP contribution is -2.40. The number of halogens is 1. The number of hydrogen-bond donors (Lipinski definition) is 1. The number of rotatable bonds is 7. The average Bonchev–Trinajstić information content (AvgIpc) is 3.12. The quantitative estimate of drug-likeness (QED) is 0.582. The summed E-state index contributed by atoms with van der Waals surface area (Å²) >= 11 is 13.3. The lowest BCUT2D eigenvalue weighted by molar-refractivity contribution is 0.138. The van der Waals surface area contributed by atoms with Crippen LogP contribution in [0.25, 0.3) is 0 Å². The van der Waals surface area contributed by atoms with Gasteiger partial charge >= 0.3 is 0 Å². The van der Waals surface area contributed by atoms with Crippen LogP contribution in [-0.4, -0.2) is 47.2 Å². The molecule has 1 unspecified atom stereocenters. The molecular weight excluding hydrogens is 448 g/mol. The Labute approximate surface area is 186 Å². The van der Waals surface area contributed by atoms with Gasteiger partial charge in [-0.3, -0.25) is 4.90 Å². The molecule has 0 spiro atoms. The fraction of sp³-hybridized carbons (Fsp3) is 0.579. The van der Waals surface area contributed by atoms with E-state index in [4.69, 9.17) is 23.8 Å². The summed E-state index contributed by atoms with van der Waals surface area (Å²) in [6, 6.07) is 3.99. The van der Waals surface area contributed by atoms with E-state index in [-0.39, 0.29) is 17.5 Å². The molecule has 1 aliphatic heterocycles. The molecule has 3 rings (SSSR count). The summed E-state index contributed by atoms with van der Waals surface area (Å²) in [7, 11) is -2.95. The van der Waals surface area contributed by atoms with Crippen molar-refractivity contribution in [2.45, 2.75) is 46.8 Å². The molecule has 1 aliphatic rings. The Bertz CT molecular complexity index is 1020. The van der Waals surface area contributed by atoms with Crippen LogP contribution in [0.4, 0.5) is 10.8 Å². The molecule has 1 aromatic carbocycles. The zero-order valence-corrected chi connectivity index (χ0v) is 20.3. The maximum atomic E-state index is 12.0. The molecule has 1 fully saturated rings. The molecule has 2 aromatic rings. The van der Waals surface area contributed by atoms with Gasteiger partial charge in [0.25, 0.3) is 0 Å². The molecule has 1 atom stereocenters. The molecule has 1 N–H and O–H groups in total. The maximum absolute atomic E-state index is 12.0. The molecule has 29 heavy (non-hydrogen) atoms. The SMILES string of the molecule is Cc1cc(C)c(Nc2nn(CN(CC(C)C)C3CCS(=O)(=O)C3)c(=S)s2)c(Cl)c1. The largest absolute Gasteiger partial charge is 0.329 e. The average molecular weight is 475 g/mol. The van der Waals surface area contributed by atoms with Gasteiger partial charge in [-0.2, -0.15) is 0 Å². The van der Waals surface area contributed by atoms with Crippen LogP contribution in [0.15, 0.2) is 12.1 Å². The number of hydrogen-bond acceptors (Lipinski definition) is 7. The van der Waals surface area contributed by atoms with Crippen LogP contribution in [0.3, 0.4) is 0 Å². The molecule has 1 aromatic heterocycles. The van der Waals surface area contributed by atoms with Crippen LogP contribution in [0, 0.1) is 23.7 Å². The number of nitrogens with one attached hydrogen (secondary N) is 1. The zero-order valence-electron chi connectivity index (χ0n) is 17.1. The first kappa shape index (κ1) is 22.7. The molecular formula is C19H27ClN4O2S3. The lowest BCUT2D eigenvalue weighted by atomic mass is 10.1. The van der Waals surface area contributed by atoms with E-state index in [1.807, 2.05) is 19.9 Å². The normalized spacial score (nSPS) is 18.7. The summed E-state index contributed by atoms with van der Waals surface area (Å²) in [5.74, 6) is 0.880. The number of nitrogens with zero attached hydrogens (tertiary/aromatic N) is 3. The highest BCUT2D eigenvalue weighted by Crippen LogP contribution is 2.31. The maximum Gasteiger partial charge on any atom is 0.209 e. The van der Waals surface area contributed by atoms with Crippen molar-refractivity contribution in [3.63, 3.8) is 0 Å². The van der Waals surface area contributed by atoms with Crippen molar-refractivity contribution < 1.29 is 8.42 Å². The molecule has 1 saturated heterocycles. The first-order valence-electron chi connectivity index (χ1n) is 9.60. The predicted octanol–water partition coefficient (Wildman–Crippen LogP) is 4.79. The van der Waals surface area contributed by atoms with E-state index in [2.05, 4.69) is 35.2 Å². The Morgan fingerprint density at radius 1 is 1.41 bits per heavy atom. The van der Waals surface area contributed by atoms with Crippen molar-refractivity contribution in [3.8, 4) is 0 Å². The van der Waals surface area contributed by atoms with Crippen LogP contribution in [0.1, 0.15) is 31.4 Å². The second kappa shape index (κ2) is 9.01. The summed E-state index contributed by atoms with van der Waals surface area (Å²) in [6.07, 6.45) is 0.662. The van der Waals surface area contributed by atoms with Gasteiger partial charge in [0.05, 0.1) is 28.9 Å². The topological polar surface area (TPSA) is 67.2 Å². The minimum atomic E-state index is -2.95. The van der Waals surface area contributed by atoms with Gasteiger partial charge in [-0.25, -0.2) is 13.1 Å². The summed E-state index contributed by atoms with van der Waals surface area (Å²) in [4.78, 5) is 2.19. The molecule has 0 saturated carbocycles. The van der Waals surface area contributed by atoms with E-state index in [1.54, 1.807) is 4.68 Å². The molecule has 6 nitrogen and oxygen atoms in total. The molecule has 0 aliphatic carbocycles. The van der Waals surface area contributed by atoms with E-state index < -0.39 is 9.84 Å². The number of anilines is 2. The van der Waals surface area contributed by atoms with Crippen LogP contribution >= 0.6 is 35.2 Å². The highest BCUT2D eigenvalue weighted by atomic mass is 35.5. The first-order chi connectivity index (χ1) is 13.5. The van der Waals surface area contributed by atoms with Crippen LogP contribution < -0.4 is 5.32 Å². The number of aryl methyl sites for hydroxylation is 2. The van der Waals surface area contributed by atoms with E-state index in [9.17, 15) is 8.42 Å². The highest BCUT2D eigenvalue weighted by Gasteiger charge is 2.32. The van der Waals surface area contributed by atoms with E-state index in [1.165, 1.54) is 11.3 Å². The third-order valence-corrected chi connectivity index (χ3v) is 8.18. The van der Waals surface area contributed by atoms with Gasteiger partial charge in [0.15, 0.2) is 13.8 Å². The summed E-state index contributed by atoms with van der Waals surface area (Å²) in [6.45, 7) is 9.55. The van der Waals surface area contributed by atoms with Crippen LogP contribution in [0.5, 0.6) is 0 Å². The van der Waals surface area contributed by atoms with Crippen molar-refractivity contribution in [2.75, 3.05) is 23.4 Å². The van der Waals surface area contributed by atoms with Crippen molar-refractivity contribution in [1.29, 1.82) is 0 Å². The van der Waals surface area contributed by atoms with Crippen LogP contribution in [-0.2, 0) is 16.5 Å². The van der Waals surface area contributed by atoms with Gasteiger partial charge in [0.1, 0.15) is 0 Å². The fourth-order valence-corrected chi connectivity index (χ4v) is 6.78. The standard InChI is InChI=1S/C19H27ClN4O2S3/c1-12(2)9-23(15-5-6-29(25,26)10-15)11-24-19(27)28-18(22-24)21-17-14(4)7-13(3)8-16(17)20/h7-8,12,15H,5-6,9-11H2,1-4H3,(H,21,22). The Morgan fingerprint density at radius 3 is 2.72 bits per heavy atom. The third kappa shape index (κ3) is 5.79. The van der Waals surface area contributed by atoms with E-state index in [0.29, 0.717) is 33.1 Å². The Kier molecular flexibility index (Phi) is 7.05. The van der Waals surface area contributed by atoms with Crippen LogP contribution in [0.2, 0.25) is 5.02 Å². The minimum absolute atomic E-state index is 0.0104. The molecule has 2 heterocycles. The molecule has 0 amide bonds. The van der Waals surface area contributed by atoms with Crippen molar-refractivity contribution in [1.82, 2.24) is 14.7 Å². The fourth-order valence-electron chi connectivity index (χ4n) is 3.65. The second-order valence-electron chi connectivity index (χ2n) is 8.10. The Morgan fingerprint density at radius 2 is 2.14 bits per heavy atom. The predicted molar refractivity (Wildman–Crippen MR) is 124 cm³/mol. The minimum Gasteiger partial charge on any atom is -0.329 e. The van der Waals surface area contributed by atoms with E-state index >= 15 is 0 Å². The van der Waals surface area contributed by atoms with Gasteiger partial charge in [-0.05, 0) is 55.6 Å². The van der Waals surface area contributed by atoms with Crippen molar-refractivity contribution in [2.24, 2.45) is 5.92 Å². The summed E-state index contributed by atoms with van der Waals surface area (Å²) in [5.41, 5.74) is 2.97. The van der Waals surface area contributed by atoms with Gasteiger partial charge in [-0.1, -0.05) is 42.9 Å². The summed E-state index contributed by atoms with van der Waals surface area (Å²) < 4.78 is 26.3. The van der Waals surface area contributed by atoms with Crippen molar-refractivity contribution in [3.05, 3.63) is 32.2 Å². The summed E-state index contributed by atoms with van der Waals surface area (Å²) in [5, 5.41) is 9.25. The Balaban J connectivity index is 1.81. The second-order valence-corrected chi connectivity index (χ2v) is 12.4. The van der Waals surface area contributed by atoms with Gasteiger partial charge < -0.3 is 5.32 Å². The van der Waals surface area contributed by atoms with Crippen molar-refractivity contribution >= 4 is 55.8 Å². The zero-order chi connectivity index (χ0) is 21.3. The lowest BCUT2D eigenvalue weighted by Gasteiger charge is -2.29. The smallest absolute Gasteiger partial charge is 0.209 e. The monoisotopic (exact) mass is 474 g/mol. The highest BCUT2D eigenvalue weighted by molar-refractivity contribution is 7.91. The number of benzene rings is 1. The van der Waals surface area contributed by atoms with Gasteiger partial charge in [-0.15, -0.1) is 5.10 Å². The molecule has 0 bridgehead atoms. The molecule has 0 radical (unpaired) electrons. The third-order valence-electron chi connectivity index (χ3n) is 4.91. The number of aromatic nitrogens is 2. The number of sulfone groups is 1. The van der Waals surface area contributed by atoms with Gasteiger partial charge in [0.2, 0.25) is 5.13 Å². The first-order valence-corrected chi connectivity index (χ1v) is 13.0. The van der Waals surface area contributed by atoms with E-state index in [0.717, 1.165) is 23.4 Å². The van der Waals surface area contributed by atoms with Gasteiger partial charge in [0, 0.05) is 12.6 Å². The molecule has 10 heteroatoms.